The van der Waals surface area contributed by atoms with E-state index in [0.29, 0.717) is 6.42 Å². The zero-order valence-corrected chi connectivity index (χ0v) is 10.4. The lowest BCUT2D eigenvalue weighted by molar-refractivity contribution is -0.126. The van der Waals surface area contributed by atoms with Crippen LogP contribution in [0.5, 0.6) is 5.75 Å². The Morgan fingerprint density at radius 2 is 2.11 bits per heavy atom. The quantitative estimate of drug-likeness (QED) is 0.721. The van der Waals surface area contributed by atoms with E-state index in [1.54, 1.807) is 0 Å². The summed E-state index contributed by atoms with van der Waals surface area (Å²) in [6.45, 7) is 1.88. The highest BCUT2D eigenvalue weighted by Crippen LogP contribution is 2.26. The molecule has 1 aliphatic rings. The zero-order valence-electron chi connectivity index (χ0n) is 10.4. The second-order valence-corrected chi connectivity index (χ2v) is 4.54. The number of nitrogens with one attached hydrogen (secondary N) is 1. The fourth-order valence-electron chi connectivity index (χ4n) is 1.98. The van der Waals surface area contributed by atoms with Crippen LogP contribution in [0.1, 0.15) is 30.1 Å². The molecule has 0 aromatic heterocycles. The summed E-state index contributed by atoms with van der Waals surface area (Å²) in [5.41, 5.74) is 0.0712. The highest BCUT2D eigenvalue weighted by atomic mass is 16.5. The molecule has 6 nitrogen and oxygen atoms in total. The van der Waals surface area contributed by atoms with Crippen molar-refractivity contribution in [2.45, 2.75) is 32.0 Å². The van der Waals surface area contributed by atoms with E-state index in [1.807, 2.05) is 6.92 Å². The third kappa shape index (κ3) is 3.03. The minimum atomic E-state index is -1.12. The smallest absolute Gasteiger partial charge is 0.335 e. The number of anilines is 1. The molecule has 1 aliphatic heterocycles. The minimum Gasteiger partial charge on any atom is -0.506 e. The summed E-state index contributed by atoms with van der Waals surface area (Å²) in [6, 6.07) is 3.71. The average Bonchev–Trinajstić information content (AvgIpc) is 2.78. The molecule has 1 aromatic carbocycles. The molecule has 1 fully saturated rings. The monoisotopic (exact) mass is 265 g/mol. The first-order chi connectivity index (χ1) is 8.97. The maximum atomic E-state index is 11.9. The molecule has 3 N–H and O–H groups in total. The number of hydrogen-bond donors (Lipinski definition) is 3. The fourth-order valence-corrected chi connectivity index (χ4v) is 1.98. The van der Waals surface area contributed by atoms with Gasteiger partial charge in [-0.1, -0.05) is 0 Å². The van der Waals surface area contributed by atoms with Gasteiger partial charge >= 0.3 is 5.97 Å². The summed E-state index contributed by atoms with van der Waals surface area (Å²) in [5.74, 6) is -1.67. The predicted molar refractivity (Wildman–Crippen MR) is 67.3 cm³/mol. The van der Waals surface area contributed by atoms with E-state index in [-0.39, 0.29) is 29.0 Å². The van der Waals surface area contributed by atoms with E-state index < -0.39 is 12.1 Å². The molecule has 19 heavy (non-hydrogen) atoms. The summed E-state index contributed by atoms with van der Waals surface area (Å²) < 4.78 is 5.40. The summed E-state index contributed by atoms with van der Waals surface area (Å²) in [6.07, 6.45) is 0.906. The number of amides is 1. The van der Waals surface area contributed by atoms with Crippen molar-refractivity contribution in [3.8, 4) is 5.75 Å². The average molecular weight is 265 g/mol. The summed E-state index contributed by atoms with van der Waals surface area (Å²) in [5, 5.41) is 21.0. The van der Waals surface area contributed by atoms with Crippen molar-refractivity contribution in [1.29, 1.82) is 0 Å². The molecule has 0 saturated carbocycles. The number of phenols is 1. The van der Waals surface area contributed by atoms with Crippen LogP contribution in [0.25, 0.3) is 0 Å². The lowest BCUT2D eigenvalue weighted by Crippen LogP contribution is -2.27. The van der Waals surface area contributed by atoms with Crippen LogP contribution in [-0.2, 0) is 9.53 Å². The second kappa shape index (κ2) is 5.27. The van der Waals surface area contributed by atoms with Gasteiger partial charge in [0.25, 0.3) is 5.91 Å². The zero-order chi connectivity index (χ0) is 14.0. The van der Waals surface area contributed by atoms with Gasteiger partial charge < -0.3 is 20.3 Å². The number of aromatic carboxylic acids is 1. The van der Waals surface area contributed by atoms with Gasteiger partial charge in [0.2, 0.25) is 0 Å². The van der Waals surface area contributed by atoms with Crippen molar-refractivity contribution < 1.29 is 24.5 Å². The first-order valence-corrected chi connectivity index (χ1v) is 6.00. The van der Waals surface area contributed by atoms with Gasteiger partial charge in [-0.15, -0.1) is 0 Å². The third-order valence-electron chi connectivity index (χ3n) is 3.03. The first-order valence-electron chi connectivity index (χ1n) is 6.00. The maximum Gasteiger partial charge on any atom is 0.335 e. The molecule has 1 amide bonds. The SMILES string of the molecule is CC1CCC(C(=O)Nc2cc(C(=O)O)ccc2O)O1. The Kier molecular flexibility index (Phi) is 3.71. The van der Waals surface area contributed by atoms with Crippen molar-refractivity contribution in [2.75, 3.05) is 5.32 Å². The Hall–Kier alpha value is -2.08. The number of benzene rings is 1. The molecule has 1 aromatic rings. The van der Waals surface area contributed by atoms with Crippen LogP contribution in [0, 0.1) is 0 Å². The molecular weight excluding hydrogens is 250 g/mol. The van der Waals surface area contributed by atoms with Crippen LogP contribution in [0.2, 0.25) is 0 Å². The van der Waals surface area contributed by atoms with Crippen molar-refractivity contribution in [3.63, 3.8) is 0 Å². The van der Waals surface area contributed by atoms with Crippen molar-refractivity contribution in [3.05, 3.63) is 23.8 Å². The van der Waals surface area contributed by atoms with Crippen LogP contribution in [0.3, 0.4) is 0 Å². The molecule has 2 atom stereocenters. The molecule has 1 heterocycles. The number of ether oxygens (including phenoxy) is 1. The molecular formula is C13H15NO5. The standard InChI is InChI=1S/C13H15NO5/c1-7-2-5-11(19-7)12(16)14-9-6-8(13(17)18)3-4-10(9)15/h3-4,6-7,11,15H,2,5H2,1H3,(H,14,16)(H,17,18). The lowest BCUT2D eigenvalue weighted by Gasteiger charge is -2.13. The Morgan fingerprint density at radius 1 is 1.37 bits per heavy atom. The summed E-state index contributed by atoms with van der Waals surface area (Å²) in [7, 11) is 0. The second-order valence-electron chi connectivity index (χ2n) is 4.54. The topological polar surface area (TPSA) is 95.9 Å². The molecule has 1 saturated heterocycles. The molecule has 0 spiro atoms. The summed E-state index contributed by atoms with van der Waals surface area (Å²) in [4.78, 5) is 22.7. The maximum absolute atomic E-state index is 11.9. The van der Waals surface area contributed by atoms with Crippen LogP contribution in [0.15, 0.2) is 18.2 Å². The molecule has 6 heteroatoms. The number of carbonyl (C=O) groups excluding carboxylic acids is 1. The normalized spacial score (nSPS) is 22.2. The van der Waals surface area contributed by atoms with Crippen LogP contribution in [0.4, 0.5) is 5.69 Å². The van der Waals surface area contributed by atoms with Crippen molar-refractivity contribution in [1.82, 2.24) is 0 Å². The highest BCUT2D eigenvalue weighted by molar-refractivity contribution is 5.97. The number of carbonyl (C=O) groups is 2. The number of phenolic OH excluding ortho intramolecular Hbond substituents is 1. The Labute approximate surface area is 110 Å². The van der Waals surface area contributed by atoms with Crippen molar-refractivity contribution in [2.24, 2.45) is 0 Å². The van der Waals surface area contributed by atoms with Gasteiger partial charge in [-0.3, -0.25) is 4.79 Å². The van der Waals surface area contributed by atoms with Gasteiger partial charge in [-0.05, 0) is 38.0 Å². The van der Waals surface area contributed by atoms with E-state index >= 15 is 0 Å². The molecule has 0 radical (unpaired) electrons. The van der Waals surface area contributed by atoms with Crippen LogP contribution < -0.4 is 5.32 Å². The molecule has 102 valence electrons. The lowest BCUT2D eigenvalue weighted by atomic mass is 10.1. The Balaban J connectivity index is 2.12. The van der Waals surface area contributed by atoms with Crippen LogP contribution in [-0.4, -0.2) is 34.3 Å². The summed E-state index contributed by atoms with van der Waals surface area (Å²) >= 11 is 0. The Bertz CT molecular complexity index is 514. The highest BCUT2D eigenvalue weighted by Gasteiger charge is 2.28. The van der Waals surface area contributed by atoms with Gasteiger partial charge in [-0.25, -0.2) is 4.79 Å². The van der Waals surface area contributed by atoms with E-state index in [9.17, 15) is 14.7 Å². The first kappa shape index (κ1) is 13.4. The van der Waals surface area contributed by atoms with E-state index in [0.717, 1.165) is 6.42 Å². The van der Waals surface area contributed by atoms with E-state index in [2.05, 4.69) is 5.32 Å². The number of hydrogen-bond acceptors (Lipinski definition) is 4. The van der Waals surface area contributed by atoms with E-state index in [4.69, 9.17) is 9.84 Å². The van der Waals surface area contributed by atoms with Gasteiger partial charge in [0.1, 0.15) is 11.9 Å². The third-order valence-corrected chi connectivity index (χ3v) is 3.03. The largest absolute Gasteiger partial charge is 0.506 e. The predicted octanol–water partition coefficient (Wildman–Crippen LogP) is 1.60. The van der Waals surface area contributed by atoms with Crippen molar-refractivity contribution >= 4 is 17.6 Å². The van der Waals surface area contributed by atoms with E-state index in [1.165, 1.54) is 18.2 Å². The number of rotatable bonds is 3. The number of carboxylic acids is 1. The molecule has 2 rings (SSSR count). The van der Waals surface area contributed by atoms with Gasteiger partial charge in [0.15, 0.2) is 0 Å². The molecule has 2 unspecified atom stereocenters. The number of carboxylic acid groups (broad SMARTS) is 1. The Morgan fingerprint density at radius 3 is 2.68 bits per heavy atom. The molecule has 0 bridgehead atoms. The van der Waals surface area contributed by atoms with Gasteiger partial charge in [0, 0.05) is 0 Å². The van der Waals surface area contributed by atoms with Gasteiger partial charge in [0.05, 0.1) is 17.4 Å². The minimum absolute atomic E-state index is 0.00573. The molecule has 0 aliphatic carbocycles. The fraction of sp³-hybridized carbons (Fsp3) is 0.385. The van der Waals surface area contributed by atoms with Crippen LogP contribution >= 0.6 is 0 Å². The van der Waals surface area contributed by atoms with Gasteiger partial charge in [-0.2, -0.15) is 0 Å². The number of aromatic hydroxyl groups is 1.